The highest BCUT2D eigenvalue weighted by Crippen LogP contribution is 2.31. The van der Waals surface area contributed by atoms with Gasteiger partial charge in [-0.15, -0.1) is 11.8 Å². The van der Waals surface area contributed by atoms with Gasteiger partial charge in [-0.2, -0.15) is 8.78 Å². The quantitative estimate of drug-likeness (QED) is 0.663. The van der Waals surface area contributed by atoms with Crippen LogP contribution < -0.4 is 5.73 Å². The number of halogens is 2. The zero-order valence-electron chi connectivity index (χ0n) is 10.2. The van der Waals surface area contributed by atoms with E-state index in [0.29, 0.717) is 0 Å². The molecular formula is C12H15F2NO2S. The molecule has 0 saturated carbocycles. The molecule has 0 fully saturated rings. The number of alkyl halides is 2. The summed E-state index contributed by atoms with van der Waals surface area (Å²) < 4.78 is 31.6. The average molecular weight is 275 g/mol. The zero-order valence-corrected chi connectivity index (χ0v) is 11.0. The van der Waals surface area contributed by atoms with Gasteiger partial charge in [-0.3, -0.25) is 0 Å². The van der Waals surface area contributed by atoms with E-state index in [-0.39, 0.29) is 12.2 Å². The van der Waals surface area contributed by atoms with Gasteiger partial charge in [0.15, 0.2) is 0 Å². The maximum atomic E-state index is 13.7. The summed E-state index contributed by atoms with van der Waals surface area (Å²) in [6.45, 7) is 1.36. The lowest BCUT2D eigenvalue weighted by molar-refractivity contribution is -0.174. The molecule has 0 saturated heterocycles. The highest BCUT2D eigenvalue weighted by molar-refractivity contribution is 7.98. The molecule has 1 aromatic rings. The Kier molecular flexibility index (Phi) is 5.10. The molecule has 0 aliphatic heterocycles. The van der Waals surface area contributed by atoms with Crippen molar-refractivity contribution in [2.24, 2.45) is 5.73 Å². The fourth-order valence-electron chi connectivity index (χ4n) is 1.37. The number of thioether (sulfide) groups is 1. The van der Waals surface area contributed by atoms with Gasteiger partial charge in [0.05, 0.1) is 6.61 Å². The van der Waals surface area contributed by atoms with Crippen molar-refractivity contribution in [3.63, 3.8) is 0 Å². The number of hydrogen-bond acceptors (Lipinski definition) is 4. The smallest absolute Gasteiger partial charge is 0.379 e. The fourth-order valence-corrected chi connectivity index (χ4v) is 1.78. The molecular weight excluding hydrogens is 260 g/mol. The van der Waals surface area contributed by atoms with Crippen molar-refractivity contribution in [2.75, 3.05) is 12.9 Å². The fraction of sp³-hybridized carbons (Fsp3) is 0.417. The summed E-state index contributed by atoms with van der Waals surface area (Å²) in [6.07, 6.45) is 1.88. The maximum absolute atomic E-state index is 13.7. The summed E-state index contributed by atoms with van der Waals surface area (Å²) in [7, 11) is 0. The van der Waals surface area contributed by atoms with Crippen molar-refractivity contribution in [1.29, 1.82) is 0 Å². The van der Waals surface area contributed by atoms with Crippen molar-refractivity contribution < 1.29 is 18.3 Å². The normalized spacial score (nSPS) is 13.2. The van der Waals surface area contributed by atoms with Gasteiger partial charge < -0.3 is 10.5 Å². The first kappa shape index (κ1) is 14.9. The molecule has 0 aromatic heterocycles. The standard InChI is InChI=1S/C12H15F2NO2S/c1-3-17-11(16)12(13,14)10(15)8-4-6-9(18-2)7-5-8/h4-7,10H,3,15H2,1-2H3/t10-/m0/s1. The van der Waals surface area contributed by atoms with E-state index in [2.05, 4.69) is 4.74 Å². The summed E-state index contributed by atoms with van der Waals surface area (Å²) >= 11 is 1.49. The minimum Gasteiger partial charge on any atom is -0.462 e. The van der Waals surface area contributed by atoms with Gasteiger partial charge in [0.25, 0.3) is 0 Å². The molecule has 0 radical (unpaired) electrons. The van der Waals surface area contributed by atoms with Crippen LogP contribution in [0.1, 0.15) is 18.5 Å². The van der Waals surface area contributed by atoms with E-state index in [1.165, 1.54) is 30.8 Å². The SMILES string of the molecule is CCOC(=O)C(F)(F)[C@@H](N)c1ccc(SC)cc1. The Bertz CT molecular complexity index is 409. The van der Waals surface area contributed by atoms with Gasteiger partial charge >= 0.3 is 11.9 Å². The molecule has 2 N–H and O–H groups in total. The monoisotopic (exact) mass is 275 g/mol. The predicted octanol–water partition coefficient (Wildman–Crippen LogP) is 2.61. The van der Waals surface area contributed by atoms with Gasteiger partial charge in [0.1, 0.15) is 6.04 Å². The highest BCUT2D eigenvalue weighted by Gasteiger charge is 2.47. The van der Waals surface area contributed by atoms with Crippen LogP contribution in [0.3, 0.4) is 0 Å². The zero-order chi connectivity index (χ0) is 13.8. The Morgan fingerprint density at radius 3 is 2.44 bits per heavy atom. The van der Waals surface area contributed by atoms with Crippen LogP contribution in [0.2, 0.25) is 0 Å². The largest absolute Gasteiger partial charge is 0.462 e. The molecule has 0 amide bonds. The number of esters is 1. The molecule has 1 atom stereocenters. The third-order valence-electron chi connectivity index (χ3n) is 2.41. The first-order valence-electron chi connectivity index (χ1n) is 5.38. The Balaban J connectivity index is 2.90. The lowest BCUT2D eigenvalue weighted by Gasteiger charge is -2.21. The minimum absolute atomic E-state index is 0.105. The summed E-state index contributed by atoms with van der Waals surface area (Å²) in [5.41, 5.74) is 5.64. The summed E-state index contributed by atoms with van der Waals surface area (Å²) in [5.74, 6) is -5.32. The number of nitrogens with two attached hydrogens (primary N) is 1. The van der Waals surface area contributed by atoms with Gasteiger partial charge in [-0.05, 0) is 30.9 Å². The number of rotatable bonds is 5. The molecule has 0 heterocycles. The molecule has 0 aliphatic rings. The van der Waals surface area contributed by atoms with Crippen LogP contribution >= 0.6 is 11.8 Å². The topological polar surface area (TPSA) is 52.3 Å². The van der Waals surface area contributed by atoms with Crippen molar-refractivity contribution >= 4 is 17.7 Å². The van der Waals surface area contributed by atoms with Gasteiger partial charge in [0.2, 0.25) is 0 Å². The van der Waals surface area contributed by atoms with E-state index in [1.54, 1.807) is 12.1 Å². The van der Waals surface area contributed by atoms with E-state index < -0.39 is 17.9 Å². The van der Waals surface area contributed by atoms with E-state index >= 15 is 0 Å². The van der Waals surface area contributed by atoms with Crippen LogP contribution in [0.25, 0.3) is 0 Å². The second-order valence-corrected chi connectivity index (χ2v) is 4.47. The number of ether oxygens (including phenoxy) is 1. The van der Waals surface area contributed by atoms with Crippen molar-refractivity contribution in [3.05, 3.63) is 29.8 Å². The lowest BCUT2D eigenvalue weighted by atomic mass is 10.0. The Hall–Kier alpha value is -1.14. The molecule has 0 unspecified atom stereocenters. The highest BCUT2D eigenvalue weighted by atomic mass is 32.2. The number of benzene rings is 1. The first-order valence-corrected chi connectivity index (χ1v) is 6.60. The van der Waals surface area contributed by atoms with Crippen molar-refractivity contribution in [2.45, 2.75) is 23.8 Å². The summed E-state index contributed by atoms with van der Waals surface area (Å²) in [4.78, 5) is 12.1. The second-order valence-electron chi connectivity index (χ2n) is 3.59. The summed E-state index contributed by atoms with van der Waals surface area (Å²) in [5, 5.41) is 0. The Morgan fingerprint density at radius 1 is 1.44 bits per heavy atom. The van der Waals surface area contributed by atoms with Crippen LogP contribution in [0.5, 0.6) is 0 Å². The van der Waals surface area contributed by atoms with Crippen LogP contribution in [0.4, 0.5) is 8.78 Å². The van der Waals surface area contributed by atoms with E-state index in [9.17, 15) is 13.6 Å². The molecule has 0 bridgehead atoms. The van der Waals surface area contributed by atoms with Gasteiger partial charge in [-0.25, -0.2) is 4.79 Å². The Labute approximate surface area is 109 Å². The maximum Gasteiger partial charge on any atom is 0.379 e. The summed E-state index contributed by atoms with van der Waals surface area (Å²) in [6, 6.07) is 4.64. The predicted molar refractivity (Wildman–Crippen MR) is 66.7 cm³/mol. The first-order chi connectivity index (χ1) is 8.43. The molecule has 1 rings (SSSR count). The molecule has 3 nitrogen and oxygen atoms in total. The molecule has 0 spiro atoms. The van der Waals surface area contributed by atoms with E-state index in [4.69, 9.17) is 5.73 Å². The molecule has 18 heavy (non-hydrogen) atoms. The third kappa shape index (κ3) is 3.20. The number of carbonyl (C=O) groups is 1. The van der Waals surface area contributed by atoms with Gasteiger partial charge in [0, 0.05) is 4.90 Å². The number of hydrogen-bond donors (Lipinski definition) is 1. The second kappa shape index (κ2) is 6.15. The third-order valence-corrected chi connectivity index (χ3v) is 3.16. The minimum atomic E-state index is -3.73. The lowest BCUT2D eigenvalue weighted by Crippen LogP contribution is -2.41. The molecule has 1 aromatic carbocycles. The van der Waals surface area contributed by atoms with Crippen molar-refractivity contribution in [1.82, 2.24) is 0 Å². The van der Waals surface area contributed by atoms with Crippen LogP contribution in [-0.2, 0) is 9.53 Å². The molecule has 6 heteroatoms. The molecule has 100 valence electrons. The number of carbonyl (C=O) groups excluding carboxylic acids is 1. The van der Waals surface area contributed by atoms with Crippen LogP contribution in [-0.4, -0.2) is 24.8 Å². The average Bonchev–Trinajstić information content (AvgIpc) is 2.38. The Morgan fingerprint density at radius 2 is 2.00 bits per heavy atom. The van der Waals surface area contributed by atoms with Gasteiger partial charge in [-0.1, -0.05) is 12.1 Å². The van der Waals surface area contributed by atoms with E-state index in [1.807, 2.05) is 6.26 Å². The van der Waals surface area contributed by atoms with Crippen LogP contribution in [0, 0.1) is 0 Å². The van der Waals surface area contributed by atoms with Crippen LogP contribution in [0.15, 0.2) is 29.2 Å². The van der Waals surface area contributed by atoms with Crippen molar-refractivity contribution in [3.8, 4) is 0 Å². The molecule has 0 aliphatic carbocycles. The van der Waals surface area contributed by atoms with E-state index in [0.717, 1.165) is 4.90 Å².